The summed E-state index contributed by atoms with van der Waals surface area (Å²) >= 11 is 5.83. The van der Waals surface area contributed by atoms with E-state index in [1.165, 1.54) is 0 Å². The Labute approximate surface area is 155 Å². The second-order valence-electron chi connectivity index (χ2n) is 5.65. The molecule has 2 amide bonds. The van der Waals surface area contributed by atoms with Gasteiger partial charge >= 0.3 is 11.7 Å². The number of para-hydroxylation sites is 1. The number of carbonyl (C=O) groups excluding carboxylic acids is 1. The van der Waals surface area contributed by atoms with Gasteiger partial charge in [0.15, 0.2) is 5.69 Å². The number of benzene rings is 2. The molecule has 0 fully saturated rings. The fourth-order valence-corrected chi connectivity index (χ4v) is 2.63. The van der Waals surface area contributed by atoms with Crippen molar-refractivity contribution in [3.63, 3.8) is 0 Å². The summed E-state index contributed by atoms with van der Waals surface area (Å²) in [5.74, 6) is 0. The number of anilines is 3. The van der Waals surface area contributed by atoms with Crippen molar-refractivity contribution in [3.8, 4) is 0 Å². The Hall–Kier alpha value is -2.99. The molecule has 0 unspecified atom stereocenters. The van der Waals surface area contributed by atoms with Gasteiger partial charge in [-0.05, 0) is 42.8 Å². The molecule has 3 rings (SSSR count). The van der Waals surface area contributed by atoms with Gasteiger partial charge in [0, 0.05) is 22.6 Å². The van der Waals surface area contributed by atoms with Crippen LogP contribution in [-0.2, 0) is 0 Å². The van der Waals surface area contributed by atoms with E-state index >= 15 is 0 Å². The first-order valence-electron chi connectivity index (χ1n) is 8.21. The summed E-state index contributed by atoms with van der Waals surface area (Å²) in [5.41, 5.74) is 1.02. The van der Waals surface area contributed by atoms with Gasteiger partial charge < -0.3 is 15.1 Å². The summed E-state index contributed by atoms with van der Waals surface area (Å²) in [6.07, 6.45) is 0.866. The molecular formula is C19H18ClN3O3. The zero-order chi connectivity index (χ0) is 18.5. The first kappa shape index (κ1) is 17.8. The lowest BCUT2D eigenvalue weighted by Crippen LogP contribution is -2.24. The molecule has 0 aliphatic heterocycles. The first-order chi connectivity index (χ1) is 12.6. The van der Waals surface area contributed by atoms with Crippen LogP contribution in [0.4, 0.5) is 21.9 Å². The number of fused-ring (bicyclic) bond motifs is 1. The van der Waals surface area contributed by atoms with Crippen LogP contribution in [-0.4, -0.2) is 12.6 Å². The average molecular weight is 372 g/mol. The standard InChI is InChI=1S/C19H18ClN3O3/c1-2-11-21-16-14-5-3-4-6-15(14)26-18(24)17(16)23-19(25)22-13-9-7-12(20)8-10-13/h3-10,21H,2,11H2,1H3,(H2,22,23,25). The van der Waals surface area contributed by atoms with E-state index in [4.69, 9.17) is 16.0 Å². The SMILES string of the molecule is CCCNc1c(NC(=O)Nc2ccc(Cl)cc2)c(=O)oc2ccccc12. The Morgan fingerprint density at radius 2 is 1.77 bits per heavy atom. The highest BCUT2D eigenvalue weighted by atomic mass is 35.5. The van der Waals surface area contributed by atoms with Crippen molar-refractivity contribution < 1.29 is 9.21 Å². The summed E-state index contributed by atoms with van der Waals surface area (Å²) < 4.78 is 5.32. The maximum atomic E-state index is 12.4. The third-order valence-corrected chi connectivity index (χ3v) is 3.96. The van der Waals surface area contributed by atoms with Crippen molar-refractivity contribution in [1.82, 2.24) is 0 Å². The third-order valence-electron chi connectivity index (χ3n) is 3.71. The van der Waals surface area contributed by atoms with Gasteiger partial charge in [-0.3, -0.25) is 5.32 Å². The molecule has 3 aromatic rings. The van der Waals surface area contributed by atoms with Gasteiger partial charge in [-0.15, -0.1) is 0 Å². The van der Waals surface area contributed by atoms with Crippen LogP contribution >= 0.6 is 11.6 Å². The number of amides is 2. The number of nitrogens with one attached hydrogen (secondary N) is 3. The number of hydrogen-bond acceptors (Lipinski definition) is 4. The molecule has 2 aromatic carbocycles. The van der Waals surface area contributed by atoms with Crippen LogP contribution in [0.1, 0.15) is 13.3 Å². The van der Waals surface area contributed by atoms with Crippen molar-refractivity contribution in [2.24, 2.45) is 0 Å². The molecule has 0 saturated carbocycles. The van der Waals surface area contributed by atoms with Crippen LogP contribution in [0.15, 0.2) is 57.7 Å². The van der Waals surface area contributed by atoms with E-state index in [1.54, 1.807) is 36.4 Å². The van der Waals surface area contributed by atoms with Crippen molar-refractivity contribution in [3.05, 3.63) is 64.0 Å². The summed E-state index contributed by atoms with van der Waals surface area (Å²) in [7, 11) is 0. The van der Waals surface area contributed by atoms with Crippen LogP contribution < -0.4 is 21.6 Å². The van der Waals surface area contributed by atoms with Gasteiger partial charge in [0.1, 0.15) is 5.58 Å². The molecular weight excluding hydrogens is 354 g/mol. The first-order valence-corrected chi connectivity index (χ1v) is 8.59. The molecule has 0 radical (unpaired) electrons. The number of carbonyl (C=O) groups is 1. The molecule has 7 heteroatoms. The molecule has 0 saturated heterocycles. The number of urea groups is 1. The molecule has 0 aliphatic carbocycles. The fourth-order valence-electron chi connectivity index (χ4n) is 2.51. The van der Waals surface area contributed by atoms with Gasteiger partial charge in [-0.2, -0.15) is 0 Å². The molecule has 0 atom stereocenters. The zero-order valence-corrected chi connectivity index (χ0v) is 14.9. The molecule has 134 valence electrons. The Morgan fingerprint density at radius 1 is 1.04 bits per heavy atom. The minimum absolute atomic E-state index is 0.0728. The van der Waals surface area contributed by atoms with E-state index < -0.39 is 11.7 Å². The van der Waals surface area contributed by atoms with Crippen molar-refractivity contribution in [1.29, 1.82) is 0 Å². The third kappa shape index (κ3) is 3.97. The highest BCUT2D eigenvalue weighted by Crippen LogP contribution is 2.28. The fraction of sp³-hybridized carbons (Fsp3) is 0.158. The van der Waals surface area contributed by atoms with Crippen molar-refractivity contribution in [2.45, 2.75) is 13.3 Å². The van der Waals surface area contributed by atoms with Crippen LogP contribution in [0.3, 0.4) is 0 Å². The number of hydrogen-bond donors (Lipinski definition) is 3. The van der Waals surface area contributed by atoms with Gasteiger partial charge in [-0.1, -0.05) is 30.7 Å². The molecule has 26 heavy (non-hydrogen) atoms. The molecule has 3 N–H and O–H groups in total. The van der Waals surface area contributed by atoms with Crippen molar-refractivity contribution in [2.75, 3.05) is 22.5 Å². The lowest BCUT2D eigenvalue weighted by atomic mass is 10.2. The summed E-state index contributed by atoms with van der Waals surface area (Å²) in [6, 6.07) is 13.3. The minimum Gasteiger partial charge on any atom is -0.421 e. The maximum Gasteiger partial charge on any atom is 0.362 e. The van der Waals surface area contributed by atoms with Crippen LogP contribution in [0.5, 0.6) is 0 Å². The highest BCUT2D eigenvalue weighted by Gasteiger charge is 2.16. The summed E-state index contributed by atoms with van der Waals surface area (Å²) in [5, 5.41) is 9.75. The highest BCUT2D eigenvalue weighted by molar-refractivity contribution is 6.30. The largest absolute Gasteiger partial charge is 0.421 e. The van der Waals surface area contributed by atoms with E-state index in [2.05, 4.69) is 16.0 Å². The quantitative estimate of drug-likeness (QED) is 0.556. The molecule has 0 bridgehead atoms. The minimum atomic E-state index is -0.617. The van der Waals surface area contributed by atoms with Crippen LogP contribution in [0, 0.1) is 0 Å². The zero-order valence-electron chi connectivity index (χ0n) is 14.1. The molecule has 0 aliphatic rings. The molecule has 1 aromatic heterocycles. The van der Waals surface area contributed by atoms with E-state index in [-0.39, 0.29) is 5.69 Å². The van der Waals surface area contributed by atoms with E-state index in [9.17, 15) is 9.59 Å². The average Bonchev–Trinajstić information content (AvgIpc) is 2.63. The second kappa shape index (κ2) is 7.93. The molecule has 1 heterocycles. The molecule has 0 spiro atoms. The second-order valence-corrected chi connectivity index (χ2v) is 6.08. The van der Waals surface area contributed by atoms with Crippen molar-refractivity contribution >= 4 is 45.7 Å². The Balaban J connectivity index is 1.92. The Bertz CT molecular complexity index is 983. The predicted molar refractivity (Wildman–Crippen MR) is 105 cm³/mol. The summed E-state index contributed by atoms with van der Waals surface area (Å²) in [6.45, 7) is 2.67. The normalized spacial score (nSPS) is 10.5. The lowest BCUT2D eigenvalue weighted by Gasteiger charge is -2.14. The van der Waals surface area contributed by atoms with E-state index in [1.807, 2.05) is 19.1 Å². The van der Waals surface area contributed by atoms with Crippen LogP contribution in [0.2, 0.25) is 5.02 Å². The Morgan fingerprint density at radius 3 is 2.50 bits per heavy atom. The number of halogens is 1. The smallest absolute Gasteiger partial charge is 0.362 e. The van der Waals surface area contributed by atoms with E-state index in [0.29, 0.717) is 28.5 Å². The Kier molecular flexibility index (Phi) is 5.43. The van der Waals surface area contributed by atoms with Gasteiger partial charge in [0.25, 0.3) is 0 Å². The van der Waals surface area contributed by atoms with Crippen LogP contribution in [0.25, 0.3) is 11.0 Å². The maximum absolute atomic E-state index is 12.4. The topological polar surface area (TPSA) is 83.4 Å². The van der Waals surface area contributed by atoms with E-state index in [0.717, 1.165) is 11.8 Å². The van der Waals surface area contributed by atoms with Gasteiger partial charge in [0.2, 0.25) is 0 Å². The monoisotopic (exact) mass is 371 g/mol. The van der Waals surface area contributed by atoms with Gasteiger partial charge in [-0.25, -0.2) is 9.59 Å². The predicted octanol–water partition coefficient (Wildman–Crippen LogP) is 4.91. The van der Waals surface area contributed by atoms with Gasteiger partial charge in [0.05, 0.1) is 5.69 Å². The number of rotatable bonds is 5. The lowest BCUT2D eigenvalue weighted by molar-refractivity contribution is 0.262. The summed E-state index contributed by atoms with van der Waals surface area (Å²) in [4.78, 5) is 24.7. The molecule has 6 nitrogen and oxygen atoms in total.